The van der Waals surface area contributed by atoms with Crippen molar-refractivity contribution in [2.75, 3.05) is 38.8 Å². The summed E-state index contributed by atoms with van der Waals surface area (Å²) in [7, 11) is 1.63. The number of hydrogen-bond donors (Lipinski definition) is 2. The lowest BCUT2D eigenvalue weighted by Crippen LogP contribution is -2.26. The van der Waals surface area contributed by atoms with Gasteiger partial charge in [0.15, 0.2) is 0 Å². The standard InChI is InChI=1S/C14H23NO3/c1-11-5-4-6-12(2)14(11)15-9-13(16)10-18-8-7-17-3/h4-6,13,15-16H,7-10H2,1-3H3. The molecule has 1 aromatic rings. The Balaban J connectivity index is 2.31. The molecule has 0 aliphatic carbocycles. The van der Waals surface area contributed by atoms with E-state index in [1.807, 2.05) is 6.07 Å². The summed E-state index contributed by atoms with van der Waals surface area (Å²) >= 11 is 0. The van der Waals surface area contributed by atoms with Gasteiger partial charge in [0.25, 0.3) is 0 Å². The molecule has 0 saturated carbocycles. The molecule has 0 bridgehead atoms. The predicted octanol–water partition coefficient (Wildman–Crippen LogP) is 1.74. The molecule has 0 amide bonds. The summed E-state index contributed by atoms with van der Waals surface area (Å²) in [6.07, 6.45) is -0.513. The number of benzene rings is 1. The third kappa shape index (κ3) is 5.04. The average molecular weight is 253 g/mol. The summed E-state index contributed by atoms with van der Waals surface area (Å²) in [4.78, 5) is 0. The highest BCUT2D eigenvalue weighted by Crippen LogP contribution is 2.19. The Hall–Kier alpha value is -1.10. The second-order valence-corrected chi connectivity index (χ2v) is 4.37. The minimum atomic E-state index is -0.513. The number of para-hydroxylation sites is 1. The van der Waals surface area contributed by atoms with Gasteiger partial charge in [-0.1, -0.05) is 18.2 Å². The SMILES string of the molecule is COCCOCC(O)CNc1c(C)cccc1C. The van der Waals surface area contributed by atoms with Gasteiger partial charge in [0.05, 0.1) is 25.9 Å². The molecule has 1 aromatic carbocycles. The minimum absolute atomic E-state index is 0.321. The van der Waals surface area contributed by atoms with Gasteiger partial charge >= 0.3 is 0 Å². The van der Waals surface area contributed by atoms with Gasteiger partial charge in [0.2, 0.25) is 0 Å². The number of nitrogens with one attached hydrogen (secondary N) is 1. The fourth-order valence-corrected chi connectivity index (χ4v) is 1.73. The van der Waals surface area contributed by atoms with Crippen LogP contribution in [0.1, 0.15) is 11.1 Å². The van der Waals surface area contributed by atoms with Crippen LogP contribution in [0.5, 0.6) is 0 Å². The van der Waals surface area contributed by atoms with Gasteiger partial charge in [-0.3, -0.25) is 0 Å². The van der Waals surface area contributed by atoms with Crippen LogP contribution < -0.4 is 5.32 Å². The molecule has 0 aliphatic rings. The van der Waals surface area contributed by atoms with E-state index in [9.17, 15) is 5.11 Å². The molecule has 1 rings (SSSR count). The average Bonchev–Trinajstić information content (AvgIpc) is 2.34. The van der Waals surface area contributed by atoms with Crippen molar-refractivity contribution in [1.29, 1.82) is 0 Å². The van der Waals surface area contributed by atoms with Crippen LogP contribution in [0.4, 0.5) is 5.69 Å². The highest BCUT2D eigenvalue weighted by Gasteiger charge is 2.06. The van der Waals surface area contributed by atoms with Gasteiger partial charge in [-0.05, 0) is 25.0 Å². The lowest BCUT2D eigenvalue weighted by molar-refractivity contribution is 0.0182. The predicted molar refractivity (Wildman–Crippen MR) is 73.1 cm³/mol. The molecule has 4 nitrogen and oxygen atoms in total. The molecule has 2 N–H and O–H groups in total. The van der Waals surface area contributed by atoms with Crippen LogP contribution in [0.15, 0.2) is 18.2 Å². The van der Waals surface area contributed by atoms with E-state index in [4.69, 9.17) is 9.47 Å². The summed E-state index contributed by atoms with van der Waals surface area (Å²) in [5.41, 5.74) is 3.46. The summed E-state index contributed by atoms with van der Waals surface area (Å²) in [5.74, 6) is 0. The van der Waals surface area contributed by atoms with Crippen molar-refractivity contribution < 1.29 is 14.6 Å². The molecule has 18 heavy (non-hydrogen) atoms. The molecule has 1 unspecified atom stereocenters. The van der Waals surface area contributed by atoms with Crippen LogP contribution in [0, 0.1) is 13.8 Å². The van der Waals surface area contributed by atoms with E-state index < -0.39 is 6.10 Å². The Kier molecular flexibility index (Phi) is 6.72. The highest BCUT2D eigenvalue weighted by molar-refractivity contribution is 5.56. The first kappa shape index (κ1) is 15.0. The molecule has 0 spiro atoms. The second-order valence-electron chi connectivity index (χ2n) is 4.37. The van der Waals surface area contributed by atoms with Crippen LogP contribution in [0.25, 0.3) is 0 Å². The Morgan fingerprint density at radius 1 is 1.22 bits per heavy atom. The van der Waals surface area contributed by atoms with E-state index in [0.717, 1.165) is 5.69 Å². The van der Waals surface area contributed by atoms with E-state index >= 15 is 0 Å². The summed E-state index contributed by atoms with van der Waals surface area (Å²) in [5, 5.41) is 13.0. The zero-order valence-electron chi connectivity index (χ0n) is 11.4. The third-order valence-corrected chi connectivity index (χ3v) is 2.74. The number of aliphatic hydroxyl groups excluding tert-OH is 1. The number of ether oxygens (including phenoxy) is 2. The fraction of sp³-hybridized carbons (Fsp3) is 0.571. The summed E-state index contributed by atoms with van der Waals surface area (Å²) < 4.78 is 10.1. The second kappa shape index (κ2) is 8.08. The molecule has 0 aromatic heterocycles. The monoisotopic (exact) mass is 253 g/mol. The Bertz CT molecular complexity index is 335. The van der Waals surface area contributed by atoms with Crippen molar-refractivity contribution >= 4 is 5.69 Å². The molecule has 0 aliphatic heterocycles. The summed E-state index contributed by atoms with van der Waals surface area (Å²) in [6, 6.07) is 6.13. The van der Waals surface area contributed by atoms with Crippen molar-refractivity contribution in [1.82, 2.24) is 0 Å². The first-order valence-electron chi connectivity index (χ1n) is 6.20. The Morgan fingerprint density at radius 3 is 2.50 bits per heavy atom. The number of anilines is 1. The van der Waals surface area contributed by atoms with E-state index in [1.165, 1.54) is 11.1 Å². The quantitative estimate of drug-likeness (QED) is 0.693. The fourth-order valence-electron chi connectivity index (χ4n) is 1.73. The van der Waals surface area contributed by atoms with E-state index in [0.29, 0.717) is 26.4 Å². The molecule has 1 atom stereocenters. The number of rotatable bonds is 8. The molecular weight excluding hydrogens is 230 g/mol. The van der Waals surface area contributed by atoms with Crippen molar-refractivity contribution in [2.45, 2.75) is 20.0 Å². The smallest absolute Gasteiger partial charge is 0.0945 e. The van der Waals surface area contributed by atoms with Gasteiger partial charge in [-0.25, -0.2) is 0 Å². The van der Waals surface area contributed by atoms with E-state index in [1.54, 1.807) is 7.11 Å². The van der Waals surface area contributed by atoms with Crippen LogP contribution in [-0.2, 0) is 9.47 Å². The Morgan fingerprint density at radius 2 is 1.89 bits per heavy atom. The van der Waals surface area contributed by atoms with E-state index in [-0.39, 0.29) is 0 Å². The molecule has 0 fully saturated rings. The van der Waals surface area contributed by atoms with Crippen molar-refractivity contribution in [3.05, 3.63) is 29.3 Å². The number of hydrogen-bond acceptors (Lipinski definition) is 4. The van der Waals surface area contributed by atoms with Crippen LogP contribution in [-0.4, -0.2) is 44.7 Å². The lowest BCUT2D eigenvalue weighted by Gasteiger charge is -2.16. The van der Waals surface area contributed by atoms with Crippen molar-refractivity contribution in [2.24, 2.45) is 0 Å². The zero-order chi connectivity index (χ0) is 13.4. The van der Waals surface area contributed by atoms with Gasteiger partial charge in [-0.2, -0.15) is 0 Å². The minimum Gasteiger partial charge on any atom is -0.389 e. The first-order chi connectivity index (χ1) is 8.65. The summed E-state index contributed by atoms with van der Waals surface area (Å²) in [6.45, 7) is 5.97. The topological polar surface area (TPSA) is 50.7 Å². The lowest BCUT2D eigenvalue weighted by atomic mass is 10.1. The van der Waals surface area contributed by atoms with Crippen molar-refractivity contribution in [3.63, 3.8) is 0 Å². The Labute approximate surface area is 109 Å². The van der Waals surface area contributed by atoms with Crippen LogP contribution in [0.2, 0.25) is 0 Å². The van der Waals surface area contributed by atoms with Crippen LogP contribution >= 0.6 is 0 Å². The van der Waals surface area contributed by atoms with Crippen LogP contribution in [0.3, 0.4) is 0 Å². The van der Waals surface area contributed by atoms with Crippen molar-refractivity contribution in [3.8, 4) is 0 Å². The van der Waals surface area contributed by atoms with Gasteiger partial charge in [0.1, 0.15) is 0 Å². The highest BCUT2D eigenvalue weighted by atomic mass is 16.5. The molecule has 4 heteroatoms. The molecule has 0 saturated heterocycles. The zero-order valence-corrected chi connectivity index (χ0v) is 11.4. The molecule has 0 radical (unpaired) electrons. The maximum atomic E-state index is 9.76. The van der Waals surface area contributed by atoms with E-state index in [2.05, 4.69) is 31.3 Å². The third-order valence-electron chi connectivity index (χ3n) is 2.74. The maximum Gasteiger partial charge on any atom is 0.0945 e. The first-order valence-corrected chi connectivity index (χ1v) is 6.20. The number of aliphatic hydroxyl groups is 1. The largest absolute Gasteiger partial charge is 0.389 e. The maximum absolute atomic E-state index is 9.76. The van der Waals surface area contributed by atoms with Gasteiger partial charge in [0, 0.05) is 19.3 Å². The molecule has 102 valence electrons. The number of aryl methyl sites for hydroxylation is 2. The number of methoxy groups -OCH3 is 1. The van der Waals surface area contributed by atoms with Gasteiger partial charge < -0.3 is 19.9 Å². The molecule has 0 heterocycles. The normalized spacial score (nSPS) is 12.4. The van der Waals surface area contributed by atoms with Gasteiger partial charge in [-0.15, -0.1) is 0 Å². The molecular formula is C14H23NO3.